The normalized spacial score (nSPS) is 13.3. The molecule has 0 radical (unpaired) electrons. The summed E-state index contributed by atoms with van der Waals surface area (Å²) in [5.74, 6) is 1.83. The van der Waals surface area contributed by atoms with E-state index in [1.807, 2.05) is 67.0 Å². The van der Waals surface area contributed by atoms with Crippen molar-refractivity contribution in [2.45, 2.75) is 70.6 Å². The Labute approximate surface area is 340 Å². The fourth-order valence-corrected chi connectivity index (χ4v) is 7.47. The number of nitrogens with one attached hydrogen (secondary N) is 1. The van der Waals surface area contributed by atoms with Gasteiger partial charge in [0, 0.05) is 22.3 Å². The molecule has 0 aliphatic carbocycles. The highest BCUT2D eigenvalue weighted by molar-refractivity contribution is 5.61. The number of aryl methyl sites for hydroxylation is 3. The average Bonchev–Trinajstić information content (AvgIpc) is 4.13. The van der Waals surface area contributed by atoms with Crippen molar-refractivity contribution in [1.82, 2.24) is 55.7 Å². The number of hydrogen-bond donors (Lipinski definition) is 1. The lowest BCUT2D eigenvalue weighted by Gasteiger charge is -2.22. The molecule has 4 aromatic heterocycles. The summed E-state index contributed by atoms with van der Waals surface area (Å²) in [5.41, 5.74) is 8.86. The van der Waals surface area contributed by atoms with Crippen LogP contribution in [0.2, 0.25) is 0 Å². The third-order valence-corrected chi connectivity index (χ3v) is 10.8. The van der Waals surface area contributed by atoms with Crippen LogP contribution in [-0.2, 0) is 19.3 Å². The molecular weight excluding hydrogens is 746 g/mol. The van der Waals surface area contributed by atoms with Crippen LogP contribution in [-0.4, -0.2) is 63.5 Å². The Morgan fingerprint density at radius 3 is 1.61 bits per heavy atom. The fraction of sp³-hybridized carbons (Fsp3) is 0.289. The topological polar surface area (TPSA) is 151 Å². The molecule has 1 aliphatic rings. The molecule has 0 saturated carbocycles. The molecule has 1 N–H and O–H groups in total. The molecule has 13 nitrogen and oxygen atoms in total. The molecule has 9 rings (SSSR count). The molecule has 0 bridgehead atoms. The molecule has 8 aromatic rings. The van der Waals surface area contributed by atoms with Crippen LogP contribution in [0.1, 0.15) is 73.9 Å². The summed E-state index contributed by atoms with van der Waals surface area (Å²) in [6.07, 6.45) is 12.4. The van der Waals surface area contributed by atoms with Crippen molar-refractivity contribution in [2.75, 3.05) is 13.1 Å². The Kier molecular flexibility index (Phi) is 11.2. The van der Waals surface area contributed by atoms with Crippen LogP contribution < -0.4 is 5.32 Å². The lowest BCUT2D eigenvalue weighted by molar-refractivity contribution is 0.460. The number of unbranched alkanes of at least 4 members (excludes halogenated alkanes) is 2. The molecule has 0 atom stereocenters. The Morgan fingerprint density at radius 1 is 0.576 bits per heavy atom. The molecule has 5 heterocycles. The predicted molar refractivity (Wildman–Crippen MR) is 220 cm³/mol. The van der Waals surface area contributed by atoms with Gasteiger partial charge in [-0.2, -0.15) is 0 Å². The van der Waals surface area contributed by atoms with Crippen molar-refractivity contribution in [3.05, 3.63) is 132 Å². The largest absolute Gasteiger partial charge is 0.416 e. The molecule has 1 saturated heterocycles. The SMILES string of the molecule is CCCCc1cn(-c2ccc(-c3nnc(-c4cc(F)cc(CCCCc5cn(-c6ccc(-c7nnc(-c8ccc(C9CCNCC9)cc8)o7)cc6)nn5)c4)o3)cc2)nn1. The van der Waals surface area contributed by atoms with E-state index in [0.29, 0.717) is 35.6 Å². The van der Waals surface area contributed by atoms with Crippen LogP contribution in [0.3, 0.4) is 0 Å². The minimum absolute atomic E-state index is 0.265. The van der Waals surface area contributed by atoms with Gasteiger partial charge in [0.1, 0.15) is 5.82 Å². The highest BCUT2D eigenvalue weighted by Crippen LogP contribution is 2.30. The van der Waals surface area contributed by atoms with E-state index in [2.05, 4.69) is 77.5 Å². The van der Waals surface area contributed by atoms with Gasteiger partial charge in [0.2, 0.25) is 23.6 Å². The highest BCUT2D eigenvalue weighted by Gasteiger charge is 2.17. The van der Waals surface area contributed by atoms with Crippen molar-refractivity contribution in [3.8, 4) is 57.2 Å². The molecule has 59 heavy (non-hydrogen) atoms. The van der Waals surface area contributed by atoms with Gasteiger partial charge in [0.25, 0.3) is 0 Å². The van der Waals surface area contributed by atoms with Gasteiger partial charge >= 0.3 is 0 Å². The van der Waals surface area contributed by atoms with Crippen LogP contribution in [0.25, 0.3) is 57.2 Å². The van der Waals surface area contributed by atoms with Gasteiger partial charge in [0.05, 0.1) is 35.2 Å². The smallest absolute Gasteiger partial charge is 0.248 e. The van der Waals surface area contributed by atoms with Crippen LogP contribution >= 0.6 is 0 Å². The van der Waals surface area contributed by atoms with Crippen LogP contribution in [0.4, 0.5) is 4.39 Å². The zero-order chi connectivity index (χ0) is 40.0. The van der Waals surface area contributed by atoms with E-state index in [-0.39, 0.29) is 11.7 Å². The van der Waals surface area contributed by atoms with E-state index >= 15 is 0 Å². The van der Waals surface area contributed by atoms with Gasteiger partial charge in [-0.15, -0.1) is 30.6 Å². The summed E-state index contributed by atoms with van der Waals surface area (Å²) >= 11 is 0. The first-order chi connectivity index (χ1) is 29.0. The molecule has 4 aromatic carbocycles. The highest BCUT2D eigenvalue weighted by atomic mass is 19.1. The minimum atomic E-state index is -0.348. The zero-order valence-electron chi connectivity index (χ0n) is 32.8. The molecule has 0 spiro atoms. The monoisotopic (exact) mass is 789 g/mol. The molecule has 298 valence electrons. The summed E-state index contributed by atoms with van der Waals surface area (Å²) in [6.45, 7) is 4.29. The standard InChI is InChI=1S/C45H44FN11O2/c1-2-3-7-38-28-56(54-48-38)40-19-15-35(16-20-40)44-52-53-45(59-44)36-25-30(26-37(46)27-36)6-4-5-8-39-29-57(55-49-39)41-17-13-34(14-18-41)43-51-50-42(58-43)33-11-9-31(10-12-33)32-21-23-47-24-22-32/h9-20,25-29,32,47H,2-8,21-24H2,1H3. The number of aromatic nitrogens is 10. The number of piperidine rings is 1. The summed E-state index contributed by atoms with van der Waals surface area (Å²) in [5, 5.41) is 37.8. The molecular formula is C45H44FN11O2. The van der Waals surface area contributed by atoms with Crippen molar-refractivity contribution < 1.29 is 13.2 Å². The fourth-order valence-electron chi connectivity index (χ4n) is 7.47. The maximum Gasteiger partial charge on any atom is 0.248 e. The maximum absolute atomic E-state index is 14.8. The van der Waals surface area contributed by atoms with Gasteiger partial charge in [0.15, 0.2) is 0 Å². The van der Waals surface area contributed by atoms with E-state index in [0.717, 1.165) is 109 Å². The second kappa shape index (κ2) is 17.4. The number of nitrogens with zero attached hydrogens (tertiary/aromatic N) is 10. The minimum Gasteiger partial charge on any atom is -0.416 e. The van der Waals surface area contributed by atoms with E-state index in [1.54, 1.807) is 15.4 Å². The predicted octanol–water partition coefficient (Wildman–Crippen LogP) is 8.80. The zero-order valence-corrected chi connectivity index (χ0v) is 32.8. The first kappa shape index (κ1) is 37.9. The first-order valence-electron chi connectivity index (χ1n) is 20.4. The lowest BCUT2D eigenvalue weighted by Crippen LogP contribution is -2.26. The Bertz CT molecular complexity index is 2600. The second-order valence-electron chi connectivity index (χ2n) is 15.0. The van der Waals surface area contributed by atoms with Crippen molar-refractivity contribution in [2.24, 2.45) is 0 Å². The van der Waals surface area contributed by atoms with Crippen molar-refractivity contribution in [1.29, 1.82) is 0 Å². The second-order valence-corrected chi connectivity index (χ2v) is 15.0. The van der Waals surface area contributed by atoms with Crippen molar-refractivity contribution in [3.63, 3.8) is 0 Å². The average molecular weight is 790 g/mol. The van der Waals surface area contributed by atoms with E-state index in [9.17, 15) is 4.39 Å². The number of halogens is 1. The molecule has 1 aliphatic heterocycles. The molecule has 0 unspecified atom stereocenters. The van der Waals surface area contributed by atoms with Gasteiger partial charge < -0.3 is 14.2 Å². The van der Waals surface area contributed by atoms with Crippen LogP contribution in [0.15, 0.2) is 112 Å². The molecule has 1 fully saturated rings. The lowest BCUT2D eigenvalue weighted by atomic mass is 9.90. The Morgan fingerprint density at radius 2 is 1.07 bits per heavy atom. The third-order valence-electron chi connectivity index (χ3n) is 10.8. The summed E-state index contributed by atoms with van der Waals surface area (Å²) < 4.78 is 30.3. The first-order valence-corrected chi connectivity index (χ1v) is 20.4. The van der Waals surface area contributed by atoms with E-state index in [4.69, 9.17) is 8.83 Å². The van der Waals surface area contributed by atoms with Crippen molar-refractivity contribution >= 4 is 0 Å². The van der Waals surface area contributed by atoms with Crippen LogP contribution in [0.5, 0.6) is 0 Å². The number of rotatable bonds is 15. The van der Waals surface area contributed by atoms with Gasteiger partial charge in [-0.25, -0.2) is 13.8 Å². The summed E-state index contributed by atoms with van der Waals surface area (Å²) in [6, 6.07) is 28.8. The molecule has 14 heteroatoms. The van der Waals surface area contributed by atoms with Crippen LogP contribution in [0, 0.1) is 5.82 Å². The van der Waals surface area contributed by atoms with Gasteiger partial charge in [-0.3, -0.25) is 0 Å². The van der Waals surface area contributed by atoms with E-state index < -0.39 is 0 Å². The Balaban J connectivity index is 0.765. The summed E-state index contributed by atoms with van der Waals surface area (Å²) in [4.78, 5) is 0. The van der Waals surface area contributed by atoms with Gasteiger partial charge in [-0.05, 0) is 160 Å². The quantitative estimate of drug-likeness (QED) is 0.0993. The molecule has 0 amide bonds. The summed E-state index contributed by atoms with van der Waals surface area (Å²) in [7, 11) is 0. The third kappa shape index (κ3) is 8.92. The number of hydrogen-bond acceptors (Lipinski definition) is 11. The number of benzene rings is 4. The Hall–Kier alpha value is -6.67. The van der Waals surface area contributed by atoms with Gasteiger partial charge in [-0.1, -0.05) is 35.9 Å². The van der Waals surface area contributed by atoms with E-state index in [1.165, 1.54) is 11.6 Å². The maximum atomic E-state index is 14.8.